The van der Waals surface area contributed by atoms with Gasteiger partial charge in [0.25, 0.3) is 0 Å². The third-order valence-electron chi connectivity index (χ3n) is 0.811. The summed E-state index contributed by atoms with van der Waals surface area (Å²) in [5.41, 5.74) is 0. The predicted molar refractivity (Wildman–Crippen MR) is 44.9 cm³/mol. The average molecular weight is 176 g/mol. The van der Waals surface area contributed by atoms with Crippen molar-refractivity contribution in [2.75, 3.05) is 6.61 Å². The van der Waals surface area contributed by atoms with E-state index >= 15 is 0 Å². The number of carbonyl (C=O) groups excluding carboxylic acids is 1. The smallest absolute Gasteiger partial charge is 0.303 e. The number of carboxylic acid groups (broad SMARTS) is 1. The highest BCUT2D eigenvalue weighted by Gasteiger charge is 1.87. The van der Waals surface area contributed by atoms with Gasteiger partial charge in [-0.2, -0.15) is 0 Å². The number of esters is 1. The van der Waals surface area contributed by atoms with E-state index in [2.05, 4.69) is 4.74 Å². The Balaban J connectivity index is 0. The van der Waals surface area contributed by atoms with E-state index in [9.17, 15) is 9.59 Å². The average Bonchev–Trinajstić information content (AvgIpc) is 1.87. The van der Waals surface area contributed by atoms with Crippen LogP contribution in [0.2, 0.25) is 0 Å². The minimum Gasteiger partial charge on any atom is -0.481 e. The molecule has 12 heavy (non-hydrogen) atoms. The van der Waals surface area contributed by atoms with Gasteiger partial charge in [0, 0.05) is 13.3 Å². The third-order valence-corrected chi connectivity index (χ3v) is 0.811. The number of carbonyl (C=O) groups is 2. The topological polar surface area (TPSA) is 63.6 Å². The summed E-state index contributed by atoms with van der Waals surface area (Å²) < 4.78 is 4.40. The van der Waals surface area contributed by atoms with Crippen LogP contribution in [0.1, 0.15) is 33.6 Å². The molecule has 72 valence electrons. The minimum atomic E-state index is -0.711. The van der Waals surface area contributed by atoms with Gasteiger partial charge in [0.1, 0.15) is 0 Å². The second-order valence-corrected chi connectivity index (χ2v) is 2.07. The molecule has 0 fully saturated rings. The maximum absolute atomic E-state index is 9.82. The van der Waals surface area contributed by atoms with E-state index in [1.807, 2.05) is 6.92 Å². The first-order chi connectivity index (χ1) is 5.54. The van der Waals surface area contributed by atoms with Crippen LogP contribution in [0.15, 0.2) is 0 Å². The summed E-state index contributed by atoms with van der Waals surface area (Å²) in [5.74, 6) is -0.921. The predicted octanol–water partition coefficient (Wildman–Crippen LogP) is 1.44. The summed E-state index contributed by atoms with van der Waals surface area (Å²) in [5, 5.41) is 7.91. The number of ether oxygens (including phenoxy) is 1. The van der Waals surface area contributed by atoms with Gasteiger partial charge >= 0.3 is 11.9 Å². The summed E-state index contributed by atoms with van der Waals surface area (Å²) >= 11 is 0. The van der Waals surface area contributed by atoms with Crippen LogP contribution in [0.25, 0.3) is 0 Å². The molecule has 0 saturated carbocycles. The van der Waals surface area contributed by atoms with Gasteiger partial charge in [0.2, 0.25) is 0 Å². The van der Waals surface area contributed by atoms with E-state index in [0.29, 0.717) is 13.0 Å². The molecule has 0 unspecified atom stereocenters. The van der Waals surface area contributed by atoms with Crippen molar-refractivity contribution >= 4 is 11.9 Å². The van der Waals surface area contributed by atoms with Gasteiger partial charge in [-0.3, -0.25) is 9.59 Å². The zero-order valence-corrected chi connectivity index (χ0v) is 7.79. The zero-order chi connectivity index (χ0) is 9.98. The van der Waals surface area contributed by atoms with Crippen molar-refractivity contribution in [3.05, 3.63) is 0 Å². The zero-order valence-electron chi connectivity index (χ0n) is 7.79. The molecule has 0 rings (SSSR count). The lowest BCUT2D eigenvalue weighted by Crippen LogP contribution is -1.95. The van der Waals surface area contributed by atoms with Crippen LogP contribution >= 0.6 is 0 Å². The normalized spacial score (nSPS) is 7.92. The Labute approximate surface area is 72.5 Å². The molecule has 0 aliphatic heterocycles. The lowest BCUT2D eigenvalue weighted by Gasteiger charge is -1.89. The highest BCUT2D eigenvalue weighted by molar-refractivity contribution is 5.66. The Morgan fingerprint density at radius 1 is 1.33 bits per heavy atom. The number of hydrogen-bond acceptors (Lipinski definition) is 3. The fraction of sp³-hybridized carbons (Fsp3) is 0.750. The monoisotopic (exact) mass is 176 g/mol. The molecule has 0 radical (unpaired) electrons. The molecule has 0 atom stereocenters. The summed E-state index contributed by atoms with van der Waals surface area (Å²) in [6.07, 6.45) is 1.02. The van der Waals surface area contributed by atoms with Crippen molar-refractivity contribution in [1.82, 2.24) is 0 Å². The first-order valence-corrected chi connectivity index (χ1v) is 3.89. The maximum Gasteiger partial charge on any atom is 0.303 e. The summed E-state index contributed by atoms with van der Waals surface area (Å²) in [6, 6.07) is 0. The SMILES string of the molecule is CCCC(=O)O.CCOC(C)=O. The summed E-state index contributed by atoms with van der Waals surface area (Å²) in [4.78, 5) is 19.4. The Morgan fingerprint density at radius 3 is 1.83 bits per heavy atom. The minimum absolute atomic E-state index is 0.211. The van der Waals surface area contributed by atoms with Crippen molar-refractivity contribution in [3.8, 4) is 0 Å². The highest BCUT2D eigenvalue weighted by Crippen LogP contribution is 1.82. The van der Waals surface area contributed by atoms with Crippen LogP contribution in [-0.4, -0.2) is 23.7 Å². The van der Waals surface area contributed by atoms with Gasteiger partial charge in [0.05, 0.1) is 6.61 Å². The van der Waals surface area contributed by atoms with Crippen LogP contribution in [0.4, 0.5) is 0 Å². The molecule has 0 amide bonds. The maximum atomic E-state index is 9.82. The molecule has 0 aromatic rings. The van der Waals surface area contributed by atoms with Crippen molar-refractivity contribution < 1.29 is 19.4 Å². The molecule has 0 heterocycles. The van der Waals surface area contributed by atoms with E-state index in [1.165, 1.54) is 6.92 Å². The number of aliphatic carboxylic acids is 1. The molecule has 4 heteroatoms. The first-order valence-electron chi connectivity index (χ1n) is 3.89. The summed E-state index contributed by atoms with van der Waals surface area (Å²) in [6.45, 7) is 5.49. The Kier molecular flexibility index (Phi) is 11.2. The molecular weight excluding hydrogens is 160 g/mol. The fourth-order valence-corrected chi connectivity index (χ4v) is 0.417. The third kappa shape index (κ3) is 23.1. The Bertz CT molecular complexity index is 115. The van der Waals surface area contributed by atoms with Crippen molar-refractivity contribution in [1.29, 1.82) is 0 Å². The van der Waals surface area contributed by atoms with E-state index in [0.717, 1.165) is 6.42 Å². The van der Waals surface area contributed by atoms with Gasteiger partial charge < -0.3 is 9.84 Å². The standard InChI is InChI=1S/2C4H8O2/c1-3-6-4(2)5;1-2-3-4(5)6/h3H2,1-2H3;2-3H2,1H3,(H,5,6). The van der Waals surface area contributed by atoms with Crippen molar-refractivity contribution in [3.63, 3.8) is 0 Å². The van der Waals surface area contributed by atoms with Crippen LogP contribution in [0, 0.1) is 0 Å². The number of rotatable bonds is 3. The molecule has 0 aromatic carbocycles. The molecule has 4 nitrogen and oxygen atoms in total. The molecule has 1 N–H and O–H groups in total. The molecule has 0 bridgehead atoms. The largest absolute Gasteiger partial charge is 0.481 e. The summed E-state index contributed by atoms with van der Waals surface area (Å²) in [7, 11) is 0. The van der Waals surface area contributed by atoms with E-state index in [4.69, 9.17) is 5.11 Å². The molecular formula is C8H16O4. The van der Waals surface area contributed by atoms with E-state index < -0.39 is 5.97 Å². The molecule has 0 aromatic heterocycles. The van der Waals surface area contributed by atoms with Gasteiger partial charge in [-0.25, -0.2) is 0 Å². The van der Waals surface area contributed by atoms with Gasteiger partial charge in [0.15, 0.2) is 0 Å². The van der Waals surface area contributed by atoms with E-state index in [1.54, 1.807) is 6.92 Å². The fourth-order valence-electron chi connectivity index (χ4n) is 0.417. The second kappa shape index (κ2) is 9.94. The Hall–Kier alpha value is -1.06. The first kappa shape index (κ1) is 13.5. The molecule has 0 aliphatic carbocycles. The number of hydrogen-bond donors (Lipinski definition) is 1. The quantitative estimate of drug-likeness (QED) is 0.661. The van der Waals surface area contributed by atoms with E-state index in [-0.39, 0.29) is 5.97 Å². The lowest BCUT2D eigenvalue weighted by atomic mass is 10.4. The van der Waals surface area contributed by atoms with Crippen LogP contribution in [-0.2, 0) is 14.3 Å². The van der Waals surface area contributed by atoms with Gasteiger partial charge in [-0.1, -0.05) is 6.92 Å². The van der Waals surface area contributed by atoms with Gasteiger partial charge in [-0.05, 0) is 13.3 Å². The second-order valence-electron chi connectivity index (χ2n) is 2.07. The van der Waals surface area contributed by atoms with Crippen LogP contribution in [0.5, 0.6) is 0 Å². The van der Waals surface area contributed by atoms with Crippen molar-refractivity contribution in [2.24, 2.45) is 0 Å². The molecule has 0 saturated heterocycles. The van der Waals surface area contributed by atoms with Crippen LogP contribution in [0.3, 0.4) is 0 Å². The highest BCUT2D eigenvalue weighted by atomic mass is 16.5. The molecule has 0 spiro atoms. The van der Waals surface area contributed by atoms with Crippen LogP contribution < -0.4 is 0 Å². The molecule has 0 aliphatic rings. The number of carboxylic acids is 1. The van der Waals surface area contributed by atoms with Crippen molar-refractivity contribution in [2.45, 2.75) is 33.6 Å². The van der Waals surface area contributed by atoms with Gasteiger partial charge in [-0.15, -0.1) is 0 Å². The Morgan fingerprint density at radius 2 is 1.83 bits per heavy atom. The lowest BCUT2D eigenvalue weighted by molar-refractivity contribution is -0.140.